The number of aromatic hydroxyl groups is 1. The zero-order valence-electron chi connectivity index (χ0n) is 13.6. The predicted octanol–water partition coefficient (Wildman–Crippen LogP) is 3.78. The molecule has 1 unspecified atom stereocenters. The Morgan fingerprint density at radius 3 is 2.38 bits per heavy atom. The van der Waals surface area contributed by atoms with Gasteiger partial charge < -0.3 is 9.52 Å². The molecule has 2 aromatic carbocycles. The first kappa shape index (κ1) is 16.0. The molecule has 1 atom stereocenters. The number of fused-ring (bicyclic) bond motifs is 1. The standard InChI is InChI=1S/C20H18O4/c1-13(21)12-20(2,14-8-4-3-5-9-14)17-18(22)15-10-6-7-11-16(15)24-19(17)23/h3-11,22H,12H2,1-2H3. The first-order valence-corrected chi connectivity index (χ1v) is 7.74. The molecule has 1 N–H and O–H groups in total. The summed E-state index contributed by atoms with van der Waals surface area (Å²) in [6, 6.07) is 16.0. The fourth-order valence-corrected chi connectivity index (χ4v) is 3.26. The largest absolute Gasteiger partial charge is 0.507 e. The minimum absolute atomic E-state index is 0.0756. The SMILES string of the molecule is CC(=O)CC(C)(c1ccccc1)c1c(O)c2ccccc2oc1=O. The number of benzene rings is 2. The molecule has 1 heterocycles. The van der Waals surface area contributed by atoms with Gasteiger partial charge >= 0.3 is 5.63 Å². The molecule has 0 amide bonds. The van der Waals surface area contributed by atoms with Gasteiger partial charge in [-0.05, 0) is 24.6 Å². The van der Waals surface area contributed by atoms with E-state index in [1.54, 1.807) is 31.2 Å². The van der Waals surface area contributed by atoms with Crippen LogP contribution in [0.4, 0.5) is 0 Å². The zero-order valence-corrected chi connectivity index (χ0v) is 13.6. The summed E-state index contributed by atoms with van der Waals surface area (Å²) < 4.78 is 5.40. The number of hydrogen-bond acceptors (Lipinski definition) is 4. The van der Waals surface area contributed by atoms with Gasteiger partial charge in [0.1, 0.15) is 17.1 Å². The van der Waals surface area contributed by atoms with Gasteiger partial charge in [-0.1, -0.05) is 49.4 Å². The van der Waals surface area contributed by atoms with Crippen LogP contribution in [-0.4, -0.2) is 10.9 Å². The van der Waals surface area contributed by atoms with E-state index >= 15 is 0 Å². The van der Waals surface area contributed by atoms with Crippen LogP contribution in [0.15, 0.2) is 63.8 Å². The Balaban J connectivity index is 2.36. The van der Waals surface area contributed by atoms with Crippen molar-refractivity contribution in [2.24, 2.45) is 0 Å². The summed E-state index contributed by atoms with van der Waals surface area (Å²) in [6.45, 7) is 3.26. The third-order valence-corrected chi connectivity index (χ3v) is 4.35. The van der Waals surface area contributed by atoms with Crippen molar-refractivity contribution in [2.75, 3.05) is 0 Å². The van der Waals surface area contributed by atoms with E-state index in [0.717, 1.165) is 5.56 Å². The molecule has 0 aliphatic heterocycles. The minimum atomic E-state index is -0.970. The highest BCUT2D eigenvalue weighted by molar-refractivity contribution is 5.85. The van der Waals surface area contributed by atoms with Crippen molar-refractivity contribution in [1.29, 1.82) is 0 Å². The topological polar surface area (TPSA) is 67.5 Å². The van der Waals surface area contributed by atoms with Crippen LogP contribution in [0.1, 0.15) is 31.4 Å². The number of carbonyl (C=O) groups excluding carboxylic acids is 1. The summed E-state index contributed by atoms with van der Waals surface area (Å²) in [5, 5.41) is 11.2. The predicted molar refractivity (Wildman–Crippen MR) is 92.3 cm³/mol. The maximum Gasteiger partial charge on any atom is 0.344 e. The molecule has 0 aliphatic rings. The first-order valence-electron chi connectivity index (χ1n) is 7.74. The molecule has 1 aromatic heterocycles. The molecule has 0 aliphatic carbocycles. The molecule has 3 aromatic rings. The molecule has 0 saturated carbocycles. The van der Waals surface area contributed by atoms with Crippen molar-refractivity contribution >= 4 is 16.8 Å². The fraction of sp³-hybridized carbons (Fsp3) is 0.200. The lowest BCUT2D eigenvalue weighted by molar-refractivity contribution is -0.117. The number of para-hydroxylation sites is 1. The van der Waals surface area contributed by atoms with E-state index in [1.165, 1.54) is 6.92 Å². The molecule has 0 saturated heterocycles. The Morgan fingerprint density at radius 2 is 1.71 bits per heavy atom. The van der Waals surface area contributed by atoms with Gasteiger partial charge in [-0.25, -0.2) is 4.79 Å². The van der Waals surface area contributed by atoms with Gasteiger partial charge in [0.15, 0.2) is 0 Å². The van der Waals surface area contributed by atoms with Crippen molar-refractivity contribution in [1.82, 2.24) is 0 Å². The van der Waals surface area contributed by atoms with E-state index in [0.29, 0.717) is 11.0 Å². The van der Waals surface area contributed by atoms with E-state index in [9.17, 15) is 14.7 Å². The van der Waals surface area contributed by atoms with Crippen LogP contribution in [-0.2, 0) is 10.2 Å². The lowest BCUT2D eigenvalue weighted by Crippen LogP contribution is -2.32. The minimum Gasteiger partial charge on any atom is -0.507 e. The van der Waals surface area contributed by atoms with E-state index in [-0.39, 0.29) is 23.5 Å². The second kappa shape index (κ2) is 5.96. The van der Waals surface area contributed by atoms with Crippen molar-refractivity contribution in [2.45, 2.75) is 25.7 Å². The molecule has 4 heteroatoms. The van der Waals surface area contributed by atoms with Crippen molar-refractivity contribution in [3.8, 4) is 5.75 Å². The van der Waals surface area contributed by atoms with E-state index in [4.69, 9.17) is 4.42 Å². The van der Waals surface area contributed by atoms with Gasteiger partial charge in [-0.2, -0.15) is 0 Å². The van der Waals surface area contributed by atoms with Crippen LogP contribution in [0.2, 0.25) is 0 Å². The van der Waals surface area contributed by atoms with Gasteiger partial charge in [0.2, 0.25) is 0 Å². The third-order valence-electron chi connectivity index (χ3n) is 4.35. The van der Waals surface area contributed by atoms with Crippen LogP contribution in [0.25, 0.3) is 11.0 Å². The van der Waals surface area contributed by atoms with Crippen LogP contribution in [0, 0.1) is 0 Å². The average molecular weight is 322 g/mol. The highest BCUT2D eigenvalue weighted by Crippen LogP contribution is 2.40. The molecule has 4 nitrogen and oxygen atoms in total. The zero-order chi connectivity index (χ0) is 17.3. The smallest absolute Gasteiger partial charge is 0.344 e. The molecule has 0 radical (unpaired) electrons. The lowest BCUT2D eigenvalue weighted by atomic mass is 9.73. The Kier molecular flexibility index (Phi) is 3.97. The van der Waals surface area contributed by atoms with Gasteiger partial charge in [0.05, 0.1) is 10.9 Å². The fourth-order valence-electron chi connectivity index (χ4n) is 3.26. The third kappa shape index (κ3) is 2.60. The second-order valence-electron chi connectivity index (χ2n) is 6.19. The molecule has 122 valence electrons. The van der Waals surface area contributed by atoms with E-state index in [2.05, 4.69) is 0 Å². The highest BCUT2D eigenvalue weighted by atomic mass is 16.4. The molecule has 0 spiro atoms. The molecular weight excluding hydrogens is 304 g/mol. The number of carbonyl (C=O) groups is 1. The summed E-state index contributed by atoms with van der Waals surface area (Å²) in [7, 11) is 0. The van der Waals surface area contributed by atoms with Gasteiger partial charge in [-0.15, -0.1) is 0 Å². The summed E-state index contributed by atoms with van der Waals surface area (Å²) >= 11 is 0. The quantitative estimate of drug-likeness (QED) is 0.742. The molecule has 3 rings (SSSR count). The Hall–Kier alpha value is -2.88. The van der Waals surface area contributed by atoms with Crippen LogP contribution < -0.4 is 5.63 Å². The maximum absolute atomic E-state index is 12.6. The number of hydrogen-bond donors (Lipinski definition) is 1. The highest BCUT2D eigenvalue weighted by Gasteiger charge is 2.37. The maximum atomic E-state index is 12.6. The van der Waals surface area contributed by atoms with Crippen molar-refractivity contribution < 1.29 is 14.3 Å². The summed E-state index contributed by atoms with van der Waals surface area (Å²) in [5.41, 5.74) is -0.386. The molecule has 0 bridgehead atoms. The molecule has 24 heavy (non-hydrogen) atoms. The number of rotatable bonds is 4. The monoisotopic (exact) mass is 322 g/mol. The molecular formula is C20H18O4. The summed E-state index contributed by atoms with van der Waals surface area (Å²) in [6.07, 6.45) is 0.0909. The Bertz CT molecular complexity index is 956. The number of ketones is 1. The van der Waals surface area contributed by atoms with E-state index < -0.39 is 11.0 Å². The Labute approximate surface area is 139 Å². The second-order valence-corrected chi connectivity index (χ2v) is 6.19. The first-order chi connectivity index (χ1) is 11.4. The summed E-state index contributed by atoms with van der Waals surface area (Å²) in [4.78, 5) is 24.5. The van der Waals surface area contributed by atoms with Crippen LogP contribution in [0.3, 0.4) is 0 Å². The average Bonchev–Trinajstić information content (AvgIpc) is 2.55. The van der Waals surface area contributed by atoms with E-state index in [1.807, 2.05) is 30.3 Å². The van der Waals surface area contributed by atoms with Gasteiger partial charge in [0.25, 0.3) is 0 Å². The van der Waals surface area contributed by atoms with Crippen molar-refractivity contribution in [3.63, 3.8) is 0 Å². The van der Waals surface area contributed by atoms with Crippen LogP contribution >= 0.6 is 0 Å². The lowest BCUT2D eigenvalue weighted by Gasteiger charge is -2.29. The number of Topliss-reactive ketones (excluding diaryl/α,β-unsaturated/α-hetero) is 1. The Morgan fingerprint density at radius 1 is 1.08 bits per heavy atom. The van der Waals surface area contributed by atoms with Gasteiger partial charge in [-0.3, -0.25) is 4.79 Å². The molecule has 0 fully saturated rings. The van der Waals surface area contributed by atoms with Crippen LogP contribution in [0.5, 0.6) is 5.75 Å². The van der Waals surface area contributed by atoms with Crippen molar-refractivity contribution in [3.05, 3.63) is 76.1 Å². The normalized spacial score (nSPS) is 13.6. The van der Waals surface area contributed by atoms with Gasteiger partial charge in [0, 0.05) is 11.8 Å². The summed E-state index contributed by atoms with van der Waals surface area (Å²) in [5.74, 6) is -0.206.